The summed E-state index contributed by atoms with van der Waals surface area (Å²) >= 11 is 1.58. The number of urea groups is 1. The fourth-order valence-corrected chi connectivity index (χ4v) is 6.78. The molecule has 2 amide bonds. The minimum atomic E-state index is -4.75. The molecule has 2 heterocycles. The van der Waals surface area contributed by atoms with E-state index in [1.54, 1.807) is 18.9 Å². The molecule has 0 unspecified atom stereocenters. The van der Waals surface area contributed by atoms with Crippen LogP contribution in [0.3, 0.4) is 0 Å². The summed E-state index contributed by atoms with van der Waals surface area (Å²) in [4.78, 5) is 24.4. The van der Waals surface area contributed by atoms with E-state index in [4.69, 9.17) is 4.74 Å². The van der Waals surface area contributed by atoms with Crippen molar-refractivity contribution in [1.82, 2.24) is 20.1 Å². The number of hydrogen-bond donors (Lipinski definition) is 1. The maximum absolute atomic E-state index is 13.3. The molecule has 0 radical (unpaired) electrons. The largest absolute Gasteiger partial charge is 0.573 e. The van der Waals surface area contributed by atoms with E-state index in [2.05, 4.69) is 49.9 Å². The Balaban J connectivity index is 1.17. The fraction of sp³-hybridized carbons (Fsp3) is 0.314. The monoisotopic (exact) mass is 676 g/mol. The molecule has 9 nitrogen and oxygen atoms in total. The lowest BCUT2D eigenvalue weighted by atomic mass is 10.00. The quantitative estimate of drug-likeness (QED) is 0.200. The number of nitrogens with one attached hydrogen (secondary N) is 1. The lowest BCUT2D eigenvalue weighted by molar-refractivity contribution is -0.274. The molecule has 1 aromatic heterocycles. The maximum atomic E-state index is 13.3. The Morgan fingerprint density at radius 1 is 0.979 bits per heavy atom. The maximum Gasteiger partial charge on any atom is 0.573 e. The number of allylic oxidation sites excluding steroid dienone is 2. The van der Waals surface area contributed by atoms with Gasteiger partial charge in [0.1, 0.15) is 17.8 Å². The van der Waals surface area contributed by atoms with Gasteiger partial charge in [-0.25, -0.2) is 14.5 Å². The lowest BCUT2D eigenvalue weighted by Crippen LogP contribution is -2.36. The molecule has 1 fully saturated rings. The molecule has 48 heavy (non-hydrogen) atoms. The number of thioether (sulfide) groups is 1. The minimum Gasteiger partial charge on any atom is -0.497 e. The van der Waals surface area contributed by atoms with E-state index in [0.29, 0.717) is 22.6 Å². The first kappa shape index (κ1) is 33.1. The standard InChI is InChI=1S/C35H35F3N6O3S/c1-22(2)28-17-16-27(46-3)20-31(28)43-18-5-19-48-34(43)41-33(45)40-30-7-4-6-29(30)23-8-10-24(11-9-23)32-39-21-44(42-32)25-12-14-26(15-13-25)47-35(36,37)38/h8-17,20-22H,4-7,18-19H2,1-3H3,(H,40,45). The van der Waals surface area contributed by atoms with Crippen LogP contribution in [0.5, 0.6) is 11.5 Å². The van der Waals surface area contributed by atoms with Crippen LogP contribution in [-0.2, 0) is 0 Å². The van der Waals surface area contributed by atoms with E-state index >= 15 is 0 Å². The highest BCUT2D eigenvalue weighted by Gasteiger charge is 2.31. The van der Waals surface area contributed by atoms with E-state index < -0.39 is 12.4 Å². The second kappa shape index (κ2) is 14.1. The molecule has 2 aliphatic rings. The van der Waals surface area contributed by atoms with Crippen molar-refractivity contribution < 1.29 is 27.4 Å². The predicted molar refractivity (Wildman–Crippen MR) is 182 cm³/mol. The van der Waals surface area contributed by atoms with Crippen molar-refractivity contribution in [3.05, 3.63) is 89.9 Å². The summed E-state index contributed by atoms with van der Waals surface area (Å²) in [6, 6.07) is 18.9. The van der Waals surface area contributed by atoms with Gasteiger partial charge < -0.3 is 19.7 Å². The molecule has 13 heteroatoms. The van der Waals surface area contributed by atoms with E-state index in [-0.39, 0.29) is 5.75 Å². The van der Waals surface area contributed by atoms with Gasteiger partial charge in [-0.3, -0.25) is 0 Å². The number of methoxy groups -OCH3 is 1. The highest BCUT2D eigenvalue weighted by molar-refractivity contribution is 8.14. The van der Waals surface area contributed by atoms with Gasteiger partial charge in [-0.15, -0.1) is 18.3 Å². The number of carbonyl (C=O) groups excluding carboxylic acids is 1. The van der Waals surface area contributed by atoms with E-state index in [1.165, 1.54) is 40.8 Å². The molecule has 6 rings (SSSR count). The van der Waals surface area contributed by atoms with Crippen LogP contribution in [0.15, 0.2) is 83.7 Å². The van der Waals surface area contributed by atoms with E-state index in [1.807, 2.05) is 36.4 Å². The Morgan fingerprint density at radius 2 is 1.71 bits per heavy atom. The van der Waals surface area contributed by atoms with Crippen LogP contribution < -0.4 is 19.7 Å². The van der Waals surface area contributed by atoms with Gasteiger partial charge in [0.05, 0.1) is 12.8 Å². The first-order chi connectivity index (χ1) is 23.1. The molecule has 1 aliphatic heterocycles. The highest BCUT2D eigenvalue weighted by Crippen LogP contribution is 2.36. The van der Waals surface area contributed by atoms with Crippen LogP contribution in [0, 0.1) is 0 Å². The number of aromatic nitrogens is 3. The molecule has 0 spiro atoms. The highest BCUT2D eigenvalue weighted by atomic mass is 32.2. The molecular formula is C35H35F3N6O3S. The zero-order chi connectivity index (χ0) is 33.8. The van der Waals surface area contributed by atoms with Crippen LogP contribution >= 0.6 is 11.8 Å². The Hall–Kier alpha value is -4.78. The number of amides is 2. The Morgan fingerprint density at radius 3 is 2.42 bits per heavy atom. The predicted octanol–water partition coefficient (Wildman–Crippen LogP) is 8.57. The van der Waals surface area contributed by atoms with Crippen LogP contribution in [0.1, 0.15) is 56.6 Å². The van der Waals surface area contributed by atoms with Gasteiger partial charge in [0.25, 0.3) is 0 Å². The summed E-state index contributed by atoms with van der Waals surface area (Å²) in [5.74, 6) is 2.10. The van der Waals surface area contributed by atoms with E-state index in [0.717, 1.165) is 71.8 Å². The van der Waals surface area contributed by atoms with Gasteiger partial charge in [-0.2, -0.15) is 4.99 Å². The molecular weight excluding hydrogens is 641 g/mol. The number of ether oxygens (including phenoxy) is 2. The SMILES string of the molecule is COc1ccc(C(C)C)c(N2CCCSC2=NC(=O)NC2=C(c3ccc(-c4ncn(-c5ccc(OC(F)(F)F)cc5)n4)cc3)CCC2)c1. The number of hydrogen-bond acceptors (Lipinski definition) is 6. The third kappa shape index (κ3) is 7.67. The number of halogens is 3. The average molecular weight is 677 g/mol. The number of nitrogens with zero attached hydrogens (tertiary/aromatic N) is 5. The topological polar surface area (TPSA) is 93.9 Å². The van der Waals surface area contributed by atoms with Crippen LogP contribution in [0.25, 0.3) is 22.6 Å². The summed E-state index contributed by atoms with van der Waals surface area (Å²) in [5, 5.41) is 8.25. The van der Waals surface area contributed by atoms with Crippen molar-refractivity contribution in [3.8, 4) is 28.6 Å². The number of rotatable bonds is 8. The van der Waals surface area contributed by atoms with Crippen LogP contribution in [-0.4, -0.2) is 51.7 Å². The van der Waals surface area contributed by atoms with Crippen molar-refractivity contribution >= 4 is 34.2 Å². The molecule has 4 aromatic rings. The van der Waals surface area contributed by atoms with Crippen LogP contribution in [0.2, 0.25) is 0 Å². The Kier molecular flexibility index (Phi) is 9.76. The molecule has 3 aromatic carbocycles. The number of aliphatic imine (C=N–C) groups is 1. The molecule has 0 saturated carbocycles. The molecule has 1 aliphatic carbocycles. The van der Waals surface area contributed by atoms with Crippen molar-refractivity contribution in [2.75, 3.05) is 24.3 Å². The van der Waals surface area contributed by atoms with Crippen molar-refractivity contribution in [2.45, 2.75) is 51.8 Å². The lowest BCUT2D eigenvalue weighted by Gasteiger charge is -2.32. The zero-order valence-electron chi connectivity index (χ0n) is 26.8. The third-order valence-electron chi connectivity index (χ3n) is 8.13. The normalized spacial score (nSPS) is 16.1. The van der Waals surface area contributed by atoms with Gasteiger partial charge in [-0.1, -0.05) is 55.9 Å². The average Bonchev–Trinajstić information content (AvgIpc) is 3.75. The number of anilines is 1. The summed E-state index contributed by atoms with van der Waals surface area (Å²) in [5.41, 5.74) is 6.43. The molecule has 0 bridgehead atoms. The van der Waals surface area contributed by atoms with E-state index in [9.17, 15) is 18.0 Å². The van der Waals surface area contributed by atoms with Gasteiger partial charge in [0.15, 0.2) is 11.0 Å². The molecule has 1 saturated heterocycles. The van der Waals surface area contributed by atoms with Crippen molar-refractivity contribution in [1.29, 1.82) is 0 Å². The van der Waals surface area contributed by atoms with Crippen LogP contribution in [0.4, 0.5) is 23.7 Å². The van der Waals surface area contributed by atoms with Crippen molar-refractivity contribution in [2.24, 2.45) is 4.99 Å². The number of benzene rings is 3. The van der Waals surface area contributed by atoms with Gasteiger partial charge in [0, 0.05) is 35.3 Å². The molecule has 0 atom stereocenters. The smallest absolute Gasteiger partial charge is 0.497 e. The van der Waals surface area contributed by atoms with Gasteiger partial charge in [-0.05, 0) is 78.6 Å². The number of alkyl halides is 3. The number of amidine groups is 1. The summed E-state index contributed by atoms with van der Waals surface area (Å²) < 4.78 is 48.4. The minimum absolute atomic E-state index is 0.291. The summed E-state index contributed by atoms with van der Waals surface area (Å²) in [7, 11) is 1.65. The van der Waals surface area contributed by atoms with Gasteiger partial charge >= 0.3 is 12.4 Å². The first-order valence-electron chi connectivity index (χ1n) is 15.7. The molecule has 1 N–H and O–H groups in total. The second-order valence-corrected chi connectivity index (χ2v) is 12.8. The fourth-order valence-electron chi connectivity index (χ4n) is 5.83. The van der Waals surface area contributed by atoms with Gasteiger partial charge in [0.2, 0.25) is 0 Å². The third-order valence-corrected chi connectivity index (χ3v) is 9.19. The first-order valence-corrected chi connectivity index (χ1v) is 16.6. The Bertz CT molecular complexity index is 1840. The summed E-state index contributed by atoms with van der Waals surface area (Å²) in [6.07, 6.45) is 0.224. The summed E-state index contributed by atoms with van der Waals surface area (Å²) in [6.45, 7) is 5.07. The molecule has 250 valence electrons. The van der Waals surface area contributed by atoms with Crippen molar-refractivity contribution in [3.63, 3.8) is 0 Å². The number of carbonyl (C=O) groups is 1. The second-order valence-electron chi connectivity index (χ2n) is 11.7. The zero-order valence-corrected chi connectivity index (χ0v) is 27.6. The Labute approximate surface area is 280 Å².